The molecule has 0 bridgehead atoms. The monoisotopic (exact) mass is 478 g/mol. The third kappa shape index (κ3) is 4.42. The highest BCUT2D eigenvalue weighted by molar-refractivity contribution is 6.13. The quantitative estimate of drug-likeness (QED) is 0.227. The zero-order valence-electron chi connectivity index (χ0n) is 18.3. The predicted molar refractivity (Wildman–Crippen MR) is 123 cm³/mol. The first-order valence-corrected chi connectivity index (χ1v) is 10.4. The highest BCUT2D eigenvalue weighted by atomic mass is 16.6. The summed E-state index contributed by atoms with van der Waals surface area (Å²) in [7, 11) is 0. The number of aryl methyl sites for hydroxylation is 1. The molecule has 0 spiro atoms. The lowest BCUT2D eigenvalue weighted by Gasteiger charge is -2.11. The molecule has 0 radical (unpaired) electrons. The molecule has 0 saturated carbocycles. The Morgan fingerprint density at radius 3 is 2.29 bits per heavy atom. The van der Waals surface area contributed by atoms with Gasteiger partial charge in [-0.25, -0.2) is 9.48 Å². The summed E-state index contributed by atoms with van der Waals surface area (Å²) in [5.74, 6) is -0.689. The molecule has 3 aromatic rings. The predicted octanol–water partition coefficient (Wildman–Crippen LogP) is 2.64. The van der Waals surface area contributed by atoms with Crippen molar-refractivity contribution in [2.45, 2.75) is 19.9 Å². The Kier molecular flexibility index (Phi) is 5.97. The summed E-state index contributed by atoms with van der Waals surface area (Å²) in [5, 5.41) is 27.2. The maximum absolute atomic E-state index is 13.1. The fourth-order valence-electron chi connectivity index (χ4n) is 3.63. The van der Waals surface area contributed by atoms with Crippen LogP contribution in [0.5, 0.6) is 0 Å². The molecular weight excluding hydrogens is 460 g/mol. The van der Waals surface area contributed by atoms with Gasteiger partial charge in [-0.15, -0.1) is 0 Å². The van der Waals surface area contributed by atoms with Crippen LogP contribution in [0.1, 0.15) is 23.7 Å². The fourth-order valence-corrected chi connectivity index (χ4v) is 3.63. The maximum atomic E-state index is 13.1. The number of hydrogen-bond donors (Lipinski definition) is 2. The molecule has 13 heteroatoms. The number of carbonyl (C=O) groups excluding carboxylic acids is 2. The Bertz CT molecular complexity index is 1450. The summed E-state index contributed by atoms with van der Waals surface area (Å²) in [4.78, 5) is 60.0. The van der Waals surface area contributed by atoms with Crippen LogP contribution >= 0.6 is 0 Å². The van der Waals surface area contributed by atoms with Gasteiger partial charge < -0.3 is 5.32 Å². The second-order valence-electron chi connectivity index (χ2n) is 7.58. The van der Waals surface area contributed by atoms with E-state index in [0.717, 1.165) is 4.90 Å². The molecule has 0 unspecified atom stereocenters. The van der Waals surface area contributed by atoms with Crippen LogP contribution in [0, 0.1) is 20.2 Å². The summed E-state index contributed by atoms with van der Waals surface area (Å²) >= 11 is 0. The van der Waals surface area contributed by atoms with E-state index in [-0.39, 0.29) is 29.2 Å². The molecule has 13 nitrogen and oxygen atoms in total. The number of H-pyrrole nitrogens is 1. The highest BCUT2D eigenvalue weighted by Crippen LogP contribution is 2.21. The normalized spacial score (nSPS) is 14.4. The Morgan fingerprint density at radius 2 is 1.66 bits per heavy atom. The molecule has 4 rings (SSSR count). The summed E-state index contributed by atoms with van der Waals surface area (Å²) < 4.78 is 1.19. The molecule has 1 fully saturated rings. The van der Waals surface area contributed by atoms with Gasteiger partial charge in [0.1, 0.15) is 5.70 Å². The fraction of sp³-hybridized carbons (Fsp3) is 0.136. The number of aromatic amines is 1. The van der Waals surface area contributed by atoms with E-state index in [0.29, 0.717) is 23.4 Å². The zero-order valence-corrected chi connectivity index (χ0v) is 18.3. The number of aromatic nitrogens is 2. The minimum absolute atomic E-state index is 0.123. The number of carbonyl (C=O) groups is 2. The Balaban J connectivity index is 1.64. The maximum Gasteiger partial charge on any atom is 0.329 e. The molecule has 2 N–H and O–H groups in total. The number of benzene rings is 2. The number of nitrogens with zero attached hydrogens (tertiary/aromatic N) is 4. The van der Waals surface area contributed by atoms with Crippen molar-refractivity contribution in [3.63, 3.8) is 0 Å². The van der Waals surface area contributed by atoms with Gasteiger partial charge >= 0.3 is 6.03 Å². The van der Waals surface area contributed by atoms with Crippen LogP contribution in [0.2, 0.25) is 0 Å². The SMILES string of the molecule is CCc1[nH]n(-c2ccc([N+](=O)[O-])cc2)c(=O)c1C=C1NC(=O)N(Cc2cccc([N+](=O)[O-])c2)C1=O. The summed E-state index contributed by atoms with van der Waals surface area (Å²) in [6.45, 7) is 1.60. The number of non-ortho nitro benzene ring substituents is 2. The molecule has 2 aromatic carbocycles. The smallest absolute Gasteiger partial charge is 0.303 e. The van der Waals surface area contributed by atoms with Crippen molar-refractivity contribution in [1.82, 2.24) is 20.0 Å². The molecular formula is C22H18N6O7. The first kappa shape index (κ1) is 23.1. The van der Waals surface area contributed by atoms with Crippen LogP contribution < -0.4 is 10.9 Å². The van der Waals surface area contributed by atoms with Crippen molar-refractivity contribution in [3.8, 4) is 5.69 Å². The molecule has 0 aliphatic carbocycles. The van der Waals surface area contributed by atoms with E-state index < -0.39 is 27.3 Å². The van der Waals surface area contributed by atoms with Crippen molar-refractivity contribution < 1.29 is 19.4 Å². The number of amides is 3. The van der Waals surface area contributed by atoms with Gasteiger partial charge in [0.15, 0.2) is 0 Å². The van der Waals surface area contributed by atoms with Gasteiger partial charge in [-0.1, -0.05) is 19.1 Å². The van der Waals surface area contributed by atoms with Crippen molar-refractivity contribution in [2.75, 3.05) is 0 Å². The molecule has 178 valence electrons. The van der Waals surface area contributed by atoms with Gasteiger partial charge in [0, 0.05) is 30.0 Å². The average molecular weight is 478 g/mol. The Hall–Kier alpha value is -5.07. The molecule has 3 amide bonds. The Labute approximate surface area is 196 Å². The molecule has 2 heterocycles. The third-order valence-corrected chi connectivity index (χ3v) is 5.39. The van der Waals surface area contributed by atoms with Crippen molar-refractivity contribution >= 4 is 29.4 Å². The number of nitrogens with one attached hydrogen (secondary N) is 2. The van der Waals surface area contributed by atoms with Gasteiger partial charge in [0.05, 0.1) is 27.6 Å². The van der Waals surface area contributed by atoms with Crippen molar-refractivity contribution in [1.29, 1.82) is 0 Å². The molecule has 1 aromatic heterocycles. The number of nitro benzene ring substituents is 2. The van der Waals surface area contributed by atoms with E-state index in [4.69, 9.17) is 0 Å². The number of rotatable bonds is 7. The van der Waals surface area contributed by atoms with E-state index in [1.54, 1.807) is 13.0 Å². The van der Waals surface area contributed by atoms with Crippen LogP contribution in [0.15, 0.2) is 59.0 Å². The first-order chi connectivity index (χ1) is 16.7. The first-order valence-electron chi connectivity index (χ1n) is 10.4. The standard InChI is InChI=1S/C22H18N6O7/c1-2-18-17(20(29)26(24-18)14-6-8-15(9-7-14)27(32)33)11-19-21(30)25(22(31)23-19)12-13-4-3-5-16(10-13)28(34)35/h3-11,24H,2,12H2,1H3,(H,23,31). The van der Waals surface area contributed by atoms with E-state index in [1.165, 1.54) is 53.2 Å². The molecule has 35 heavy (non-hydrogen) atoms. The van der Waals surface area contributed by atoms with Crippen LogP contribution in [0.25, 0.3) is 11.8 Å². The Morgan fingerprint density at radius 1 is 0.971 bits per heavy atom. The molecule has 1 aliphatic rings. The van der Waals surface area contributed by atoms with Gasteiger partial charge in [0.25, 0.3) is 22.8 Å². The number of urea groups is 1. The second-order valence-corrected chi connectivity index (χ2v) is 7.58. The summed E-state index contributed by atoms with van der Waals surface area (Å²) in [6.07, 6.45) is 1.67. The van der Waals surface area contributed by atoms with Gasteiger partial charge in [0.2, 0.25) is 0 Å². The topological polar surface area (TPSA) is 173 Å². The zero-order chi connectivity index (χ0) is 25.3. The minimum Gasteiger partial charge on any atom is -0.303 e. The van der Waals surface area contributed by atoms with Crippen LogP contribution in [0.3, 0.4) is 0 Å². The number of imide groups is 1. The molecule has 1 saturated heterocycles. The summed E-state index contributed by atoms with van der Waals surface area (Å²) in [5.41, 5.74) is 0.442. The highest BCUT2D eigenvalue weighted by Gasteiger charge is 2.34. The lowest BCUT2D eigenvalue weighted by atomic mass is 10.1. The van der Waals surface area contributed by atoms with Crippen LogP contribution in [-0.4, -0.2) is 36.5 Å². The minimum atomic E-state index is -0.725. The lowest BCUT2D eigenvalue weighted by Crippen LogP contribution is -2.30. The summed E-state index contributed by atoms with van der Waals surface area (Å²) in [6, 6.07) is 10.2. The van der Waals surface area contributed by atoms with Crippen molar-refractivity contribution in [3.05, 3.63) is 102 Å². The van der Waals surface area contributed by atoms with E-state index in [2.05, 4.69) is 10.4 Å². The van der Waals surface area contributed by atoms with E-state index in [1.807, 2.05) is 0 Å². The molecule has 0 atom stereocenters. The van der Waals surface area contributed by atoms with E-state index in [9.17, 15) is 34.6 Å². The van der Waals surface area contributed by atoms with Crippen LogP contribution in [-0.2, 0) is 17.8 Å². The number of nitro groups is 2. The van der Waals surface area contributed by atoms with Gasteiger partial charge in [-0.2, -0.15) is 0 Å². The largest absolute Gasteiger partial charge is 0.329 e. The lowest BCUT2D eigenvalue weighted by molar-refractivity contribution is -0.385. The molecule has 1 aliphatic heterocycles. The second kappa shape index (κ2) is 9.05. The van der Waals surface area contributed by atoms with Gasteiger partial charge in [-0.3, -0.25) is 39.8 Å². The third-order valence-electron chi connectivity index (χ3n) is 5.39. The van der Waals surface area contributed by atoms with Gasteiger partial charge in [-0.05, 0) is 30.2 Å². The van der Waals surface area contributed by atoms with Crippen molar-refractivity contribution in [2.24, 2.45) is 0 Å². The average Bonchev–Trinajstić information content (AvgIpc) is 3.30. The number of hydrogen-bond acceptors (Lipinski definition) is 7. The van der Waals surface area contributed by atoms with Crippen LogP contribution in [0.4, 0.5) is 16.2 Å². The van der Waals surface area contributed by atoms with E-state index >= 15 is 0 Å².